The summed E-state index contributed by atoms with van der Waals surface area (Å²) in [6.45, 7) is 13.0. The van der Waals surface area contributed by atoms with E-state index in [4.69, 9.17) is 0 Å². The third-order valence-electron chi connectivity index (χ3n) is 3.03. The summed E-state index contributed by atoms with van der Waals surface area (Å²) in [5, 5.41) is 9.82. The first kappa shape index (κ1) is 13.0. The molecule has 0 aromatic heterocycles. The smallest absolute Gasteiger partial charge is 0.0588 e. The first-order chi connectivity index (χ1) is 5.75. The van der Waals surface area contributed by atoms with E-state index in [1.165, 1.54) is 0 Å². The Labute approximate surface area is 83.5 Å². The maximum absolute atomic E-state index is 9.82. The van der Waals surface area contributed by atoms with Gasteiger partial charge in [-0.05, 0) is 30.1 Å². The van der Waals surface area contributed by atoms with Gasteiger partial charge in [0.25, 0.3) is 0 Å². The summed E-state index contributed by atoms with van der Waals surface area (Å²) in [4.78, 5) is 0. The van der Waals surface area contributed by atoms with Crippen LogP contribution in [0.2, 0.25) is 0 Å². The minimum atomic E-state index is -0.159. The first-order valence-electron chi connectivity index (χ1n) is 5.43. The van der Waals surface area contributed by atoms with Gasteiger partial charge in [-0.1, -0.05) is 41.5 Å². The monoisotopic (exact) mass is 186 g/mol. The topological polar surface area (TPSA) is 20.2 Å². The van der Waals surface area contributed by atoms with Crippen molar-refractivity contribution < 1.29 is 5.11 Å². The summed E-state index contributed by atoms with van der Waals surface area (Å²) in [7, 11) is 0. The molecule has 1 heteroatoms. The van der Waals surface area contributed by atoms with Crippen molar-refractivity contribution in [3.8, 4) is 0 Å². The Kier molecular flexibility index (Phi) is 4.98. The molecule has 13 heavy (non-hydrogen) atoms. The largest absolute Gasteiger partial charge is 0.393 e. The average Bonchev–Trinajstić information content (AvgIpc) is 1.97. The van der Waals surface area contributed by atoms with Crippen molar-refractivity contribution in [2.24, 2.45) is 17.3 Å². The predicted octanol–water partition coefficient (Wildman–Crippen LogP) is 3.47. The van der Waals surface area contributed by atoms with E-state index in [1.807, 2.05) is 0 Å². The van der Waals surface area contributed by atoms with Gasteiger partial charge in [0.1, 0.15) is 0 Å². The van der Waals surface area contributed by atoms with Gasteiger partial charge in [0.05, 0.1) is 6.10 Å². The van der Waals surface area contributed by atoms with Crippen LogP contribution >= 0.6 is 0 Å². The van der Waals surface area contributed by atoms with Crippen LogP contribution in [0.25, 0.3) is 0 Å². The van der Waals surface area contributed by atoms with Crippen LogP contribution in [0.15, 0.2) is 0 Å². The van der Waals surface area contributed by atoms with E-state index in [1.54, 1.807) is 0 Å². The molecule has 0 unspecified atom stereocenters. The Morgan fingerprint density at radius 2 is 1.46 bits per heavy atom. The fourth-order valence-corrected chi connectivity index (χ4v) is 1.19. The van der Waals surface area contributed by atoms with E-state index < -0.39 is 0 Å². The molecule has 0 heterocycles. The van der Waals surface area contributed by atoms with Crippen LogP contribution in [0.4, 0.5) is 0 Å². The molecule has 0 amide bonds. The lowest BCUT2D eigenvalue weighted by Gasteiger charge is -2.27. The molecule has 1 N–H and O–H groups in total. The molecule has 0 aromatic rings. The molecule has 0 fully saturated rings. The lowest BCUT2D eigenvalue weighted by molar-refractivity contribution is 0.0487. The molecule has 0 aliphatic heterocycles. The predicted molar refractivity (Wildman–Crippen MR) is 58.7 cm³/mol. The Bertz CT molecular complexity index is 133. The normalized spacial score (nSPS) is 17.5. The summed E-state index contributed by atoms with van der Waals surface area (Å²) < 4.78 is 0. The van der Waals surface area contributed by atoms with Crippen molar-refractivity contribution in [2.75, 3.05) is 0 Å². The second-order valence-corrected chi connectivity index (χ2v) is 5.68. The number of hydrogen-bond acceptors (Lipinski definition) is 1. The van der Waals surface area contributed by atoms with Crippen LogP contribution in [-0.2, 0) is 0 Å². The molecule has 0 aliphatic carbocycles. The van der Waals surface area contributed by atoms with Crippen molar-refractivity contribution >= 4 is 0 Å². The number of hydrogen-bond donors (Lipinski definition) is 1. The summed E-state index contributed by atoms with van der Waals surface area (Å²) >= 11 is 0. The van der Waals surface area contributed by atoms with Crippen molar-refractivity contribution in [1.29, 1.82) is 0 Å². The van der Waals surface area contributed by atoms with E-state index in [9.17, 15) is 5.11 Å². The standard InChI is InChI=1S/C12H26O/c1-9(2)10(3)7-8-11(13)12(4,5)6/h9-11,13H,7-8H2,1-6H3/t10-,11-/m1/s1. The molecule has 1 nitrogen and oxygen atoms in total. The van der Waals surface area contributed by atoms with Crippen molar-refractivity contribution in [3.05, 3.63) is 0 Å². The molecule has 0 aliphatic rings. The van der Waals surface area contributed by atoms with Gasteiger partial charge < -0.3 is 5.11 Å². The number of aliphatic hydroxyl groups excluding tert-OH is 1. The molecule has 0 saturated carbocycles. The lowest BCUT2D eigenvalue weighted by Crippen LogP contribution is -2.26. The van der Waals surface area contributed by atoms with Crippen LogP contribution in [0.1, 0.15) is 54.4 Å². The zero-order valence-corrected chi connectivity index (χ0v) is 10.1. The quantitative estimate of drug-likeness (QED) is 0.713. The van der Waals surface area contributed by atoms with Crippen LogP contribution < -0.4 is 0 Å². The van der Waals surface area contributed by atoms with Gasteiger partial charge in [0, 0.05) is 0 Å². The van der Waals surface area contributed by atoms with Crippen LogP contribution in [-0.4, -0.2) is 11.2 Å². The summed E-state index contributed by atoms with van der Waals surface area (Å²) in [6, 6.07) is 0. The molecule has 0 rings (SSSR count). The van der Waals surface area contributed by atoms with E-state index in [2.05, 4.69) is 41.5 Å². The molecule has 0 aromatic carbocycles. The van der Waals surface area contributed by atoms with Gasteiger partial charge >= 0.3 is 0 Å². The molecule has 0 saturated heterocycles. The van der Waals surface area contributed by atoms with Crippen molar-refractivity contribution in [3.63, 3.8) is 0 Å². The van der Waals surface area contributed by atoms with Crippen molar-refractivity contribution in [1.82, 2.24) is 0 Å². The summed E-state index contributed by atoms with van der Waals surface area (Å²) in [6.07, 6.45) is 1.91. The average molecular weight is 186 g/mol. The Hall–Kier alpha value is -0.0400. The fourth-order valence-electron chi connectivity index (χ4n) is 1.19. The molecule has 0 radical (unpaired) electrons. The van der Waals surface area contributed by atoms with Crippen LogP contribution in [0, 0.1) is 17.3 Å². The molecule has 0 spiro atoms. The lowest BCUT2D eigenvalue weighted by atomic mass is 9.83. The zero-order chi connectivity index (χ0) is 10.6. The Morgan fingerprint density at radius 1 is 1.00 bits per heavy atom. The van der Waals surface area contributed by atoms with E-state index in [0.29, 0.717) is 0 Å². The highest BCUT2D eigenvalue weighted by Gasteiger charge is 2.22. The van der Waals surface area contributed by atoms with E-state index in [0.717, 1.165) is 24.7 Å². The van der Waals surface area contributed by atoms with Crippen LogP contribution in [0.5, 0.6) is 0 Å². The van der Waals surface area contributed by atoms with Gasteiger partial charge in [-0.2, -0.15) is 0 Å². The van der Waals surface area contributed by atoms with Gasteiger partial charge in [0.15, 0.2) is 0 Å². The van der Waals surface area contributed by atoms with Gasteiger partial charge in [-0.25, -0.2) is 0 Å². The van der Waals surface area contributed by atoms with E-state index >= 15 is 0 Å². The highest BCUT2D eigenvalue weighted by Crippen LogP contribution is 2.25. The maximum Gasteiger partial charge on any atom is 0.0588 e. The minimum Gasteiger partial charge on any atom is -0.393 e. The first-order valence-corrected chi connectivity index (χ1v) is 5.43. The van der Waals surface area contributed by atoms with E-state index in [-0.39, 0.29) is 11.5 Å². The van der Waals surface area contributed by atoms with Crippen molar-refractivity contribution in [2.45, 2.75) is 60.5 Å². The second kappa shape index (κ2) is 4.99. The minimum absolute atomic E-state index is 0.0384. The zero-order valence-electron chi connectivity index (χ0n) is 10.1. The van der Waals surface area contributed by atoms with Crippen LogP contribution in [0.3, 0.4) is 0 Å². The third-order valence-corrected chi connectivity index (χ3v) is 3.03. The summed E-state index contributed by atoms with van der Waals surface area (Å²) in [5.74, 6) is 1.45. The highest BCUT2D eigenvalue weighted by atomic mass is 16.3. The molecular weight excluding hydrogens is 160 g/mol. The number of aliphatic hydroxyl groups is 1. The SMILES string of the molecule is CC(C)[C@H](C)CC[C@@H](O)C(C)(C)C. The molecular formula is C12H26O. The number of rotatable bonds is 4. The highest BCUT2D eigenvalue weighted by molar-refractivity contribution is 4.73. The second-order valence-electron chi connectivity index (χ2n) is 5.68. The summed E-state index contributed by atoms with van der Waals surface area (Å²) in [5.41, 5.74) is 0.0384. The van der Waals surface area contributed by atoms with Gasteiger partial charge in [-0.3, -0.25) is 0 Å². The third kappa shape index (κ3) is 5.30. The Balaban J connectivity index is 3.77. The molecule has 0 bridgehead atoms. The Morgan fingerprint density at radius 3 is 1.77 bits per heavy atom. The maximum atomic E-state index is 9.82. The molecule has 80 valence electrons. The molecule has 2 atom stereocenters. The van der Waals surface area contributed by atoms with Gasteiger partial charge in [0.2, 0.25) is 0 Å². The van der Waals surface area contributed by atoms with Gasteiger partial charge in [-0.15, -0.1) is 0 Å². The fraction of sp³-hybridized carbons (Fsp3) is 1.00.